The molecule has 2 aromatic rings. The first-order valence-electron chi connectivity index (χ1n) is 9.62. The Balaban J connectivity index is 1.77. The third kappa shape index (κ3) is 4.25. The molecule has 1 aliphatic carbocycles. The van der Waals surface area contributed by atoms with Crippen LogP contribution in [-0.4, -0.2) is 18.0 Å². The molecule has 1 heterocycles. The van der Waals surface area contributed by atoms with Crippen molar-refractivity contribution in [3.8, 4) is 5.75 Å². The van der Waals surface area contributed by atoms with Crippen LogP contribution in [0.4, 0.5) is 0 Å². The molecule has 2 aliphatic rings. The standard InChI is InChI=1S/C24H23NO2/c26-20-9-7-8-18-13-14-19(23-12-5-2-6-15-25-23)16-22(18)24(17-20)27-21-10-3-1-4-11-21/h1,3-5,10-14,16-17H,2,6-9,15H2. The minimum absolute atomic E-state index is 0.115. The maximum Gasteiger partial charge on any atom is 0.159 e. The second-order valence-electron chi connectivity index (χ2n) is 6.93. The molecule has 0 aromatic heterocycles. The van der Waals surface area contributed by atoms with E-state index in [0.717, 1.165) is 54.8 Å². The number of ketones is 1. The average molecular weight is 357 g/mol. The SMILES string of the molecule is O=C1C=C(Oc2ccccc2)c2cc(C3=NCCCC=C3)ccc2CCC1. The molecule has 0 bridgehead atoms. The Bertz CT molecular complexity index is 923. The van der Waals surface area contributed by atoms with Gasteiger partial charge in [-0.2, -0.15) is 0 Å². The highest BCUT2D eigenvalue weighted by molar-refractivity contribution is 6.09. The van der Waals surface area contributed by atoms with Crippen LogP contribution in [0, 0.1) is 0 Å². The lowest BCUT2D eigenvalue weighted by Gasteiger charge is -2.18. The van der Waals surface area contributed by atoms with E-state index >= 15 is 0 Å². The first-order valence-corrected chi connectivity index (χ1v) is 9.62. The van der Waals surface area contributed by atoms with Crippen molar-refractivity contribution in [3.63, 3.8) is 0 Å². The minimum Gasteiger partial charge on any atom is -0.457 e. The smallest absolute Gasteiger partial charge is 0.159 e. The summed E-state index contributed by atoms with van der Waals surface area (Å²) in [5.74, 6) is 1.48. The van der Waals surface area contributed by atoms with Gasteiger partial charge in [-0.3, -0.25) is 9.79 Å². The Morgan fingerprint density at radius 3 is 2.74 bits per heavy atom. The maximum absolute atomic E-state index is 12.3. The predicted molar refractivity (Wildman–Crippen MR) is 109 cm³/mol. The van der Waals surface area contributed by atoms with Crippen molar-refractivity contribution in [3.05, 3.63) is 83.4 Å². The molecule has 0 atom stereocenters. The highest BCUT2D eigenvalue weighted by Gasteiger charge is 2.17. The summed E-state index contributed by atoms with van der Waals surface area (Å²) < 4.78 is 6.14. The number of hydrogen-bond donors (Lipinski definition) is 0. The van der Waals surface area contributed by atoms with Crippen molar-refractivity contribution in [2.45, 2.75) is 32.1 Å². The lowest BCUT2D eigenvalue weighted by Crippen LogP contribution is -2.09. The largest absolute Gasteiger partial charge is 0.457 e. The predicted octanol–water partition coefficient (Wildman–Crippen LogP) is 5.15. The van der Waals surface area contributed by atoms with Gasteiger partial charge < -0.3 is 4.74 Å². The molecule has 0 saturated heterocycles. The monoisotopic (exact) mass is 357 g/mol. The summed E-state index contributed by atoms with van der Waals surface area (Å²) in [6.07, 6.45) is 10.4. The summed E-state index contributed by atoms with van der Waals surface area (Å²) in [6, 6.07) is 16.1. The molecule has 3 heteroatoms. The summed E-state index contributed by atoms with van der Waals surface area (Å²) in [5.41, 5.74) is 4.28. The number of allylic oxidation sites excluding steroid dienone is 3. The zero-order valence-corrected chi connectivity index (χ0v) is 15.4. The fourth-order valence-electron chi connectivity index (χ4n) is 3.48. The molecule has 4 rings (SSSR count). The van der Waals surface area contributed by atoms with E-state index < -0.39 is 0 Å². The van der Waals surface area contributed by atoms with Gasteiger partial charge in [-0.15, -0.1) is 0 Å². The molecular weight excluding hydrogens is 334 g/mol. The highest BCUT2D eigenvalue weighted by atomic mass is 16.5. The number of aliphatic imine (C=N–C) groups is 1. The van der Waals surface area contributed by atoms with Crippen LogP contribution in [0.3, 0.4) is 0 Å². The molecule has 0 amide bonds. The van der Waals surface area contributed by atoms with Crippen LogP contribution in [-0.2, 0) is 11.2 Å². The molecule has 0 spiro atoms. The van der Waals surface area contributed by atoms with E-state index in [0.29, 0.717) is 12.2 Å². The van der Waals surface area contributed by atoms with Gasteiger partial charge in [0.2, 0.25) is 0 Å². The number of ether oxygens (including phenoxy) is 1. The molecule has 1 aliphatic heterocycles. The number of hydrogen-bond acceptors (Lipinski definition) is 3. The van der Waals surface area contributed by atoms with E-state index in [9.17, 15) is 4.79 Å². The molecule has 27 heavy (non-hydrogen) atoms. The molecule has 0 fully saturated rings. The van der Waals surface area contributed by atoms with E-state index in [-0.39, 0.29) is 5.78 Å². The van der Waals surface area contributed by atoms with Gasteiger partial charge in [0.25, 0.3) is 0 Å². The molecule has 0 N–H and O–H groups in total. The van der Waals surface area contributed by atoms with Crippen molar-refractivity contribution in [1.82, 2.24) is 0 Å². The second kappa shape index (κ2) is 8.17. The Hall–Kier alpha value is -2.94. The van der Waals surface area contributed by atoms with Crippen molar-refractivity contribution in [1.29, 1.82) is 0 Å². The van der Waals surface area contributed by atoms with Gasteiger partial charge in [-0.1, -0.05) is 36.4 Å². The Kier molecular flexibility index (Phi) is 5.29. The molecule has 0 unspecified atom stereocenters. The number of benzene rings is 2. The Morgan fingerprint density at radius 1 is 0.963 bits per heavy atom. The van der Waals surface area contributed by atoms with Crippen LogP contribution in [0.1, 0.15) is 42.4 Å². The summed E-state index contributed by atoms with van der Waals surface area (Å²) >= 11 is 0. The summed E-state index contributed by atoms with van der Waals surface area (Å²) in [7, 11) is 0. The maximum atomic E-state index is 12.3. The molecule has 136 valence electrons. The Morgan fingerprint density at radius 2 is 1.85 bits per heavy atom. The van der Waals surface area contributed by atoms with Crippen LogP contribution in [0.25, 0.3) is 5.76 Å². The average Bonchev–Trinajstić information content (AvgIpc) is 2.97. The fourth-order valence-corrected chi connectivity index (χ4v) is 3.48. The van der Waals surface area contributed by atoms with E-state index in [1.807, 2.05) is 30.3 Å². The van der Waals surface area contributed by atoms with Gasteiger partial charge in [-0.05, 0) is 55.5 Å². The quantitative estimate of drug-likeness (QED) is 0.762. The third-order valence-electron chi connectivity index (χ3n) is 4.89. The van der Waals surface area contributed by atoms with Crippen molar-refractivity contribution >= 4 is 17.3 Å². The fraction of sp³-hybridized carbons (Fsp3) is 0.250. The first kappa shape index (κ1) is 17.5. The van der Waals surface area contributed by atoms with Crippen LogP contribution in [0.15, 0.2) is 71.8 Å². The van der Waals surface area contributed by atoms with Gasteiger partial charge in [0.15, 0.2) is 5.78 Å². The van der Waals surface area contributed by atoms with Gasteiger partial charge in [0.05, 0.1) is 5.71 Å². The number of para-hydroxylation sites is 1. The van der Waals surface area contributed by atoms with E-state index in [4.69, 9.17) is 9.73 Å². The van der Waals surface area contributed by atoms with Gasteiger partial charge in [-0.25, -0.2) is 0 Å². The zero-order valence-electron chi connectivity index (χ0n) is 15.4. The number of aryl methyl sites for hydroxylation is 1. The van der Waals surface area contributed by atoms with Gasteiger partial charge in [0.1, 0.15) is 11.5 Å². The second-order valence-corrected chi connectivity index (χ2v) is 6.93. The number of carbonyl (C=O) groups is 1. The topological polar surface area (TPSA) is 38.7 Å². The van der Waals surface area contributed by atoms with Gasteiger partial charge >= 0.3 is 0 Å². The lowest BCUT2D eigenvalue weighted by molar-refractivity contribution is -0.114. The number of fused-ring (bicyclic) bond motifs is 1. The normalized spacial score (nSPS) is 17.1. The zero-order chi connectivity index (χ0) is 18.5. The van der Waals surface area contributed by atoms with Crippen molar-refractivity contribution < 1.29 is 9.53 Å². The van der Waals surface area contributed by atoms with Gasteiger partial charge in [0, 0.05) is 30.2 Å². The van der Waals surface area contributed by atoms with Crippen LogP contribution in [0.2, 0.25) is 0 Å². The Labute approximate surface area is 160 Å². The number of nitrogens with zero attached hydrogens (tertiary/aromatic N) is 1. The summed E-state index contributed by atoms with van der Waals surface area (Å²) in [6.45, 7) is 0.848. The van der Waals surface area contributed by atoms with Crippen LogP contribution < -0.4 is 4.74 Å². The first-order chi connectivity index (χ1) is 13.3. The van der Waals surface area contributed by atoms with E-state index in [1.54, 1.807) is 6.08 Å². The lowest BCUT2D eigenvalue weighted by atomic mass is 9.93. The molecule has 0 saturated carbocycles. The van der Waals surface area contributed by atoms with E-state index in [1.165, 1.54) is 5.56 Å². The molecular formula is C24H23NO2. The molecule has 2 aromatic carbocycles. The van der Waals surface area contributed by atoms with Crippen LogP contribution in [0.5, 0.6) is 5.75 Å². The highest BCUT2D eigenvalue weighted by Crippen LogP contribution is 2.28. The van der Waals surface area contributed by atoms with Crippen LogP contribution >= 0.6 is 0 Å². The number of rotatable bonds is 3. The molecule has 0 radical (unpaired) electrons. The van der Waals surface area contributed by atoms with Crippen molar-refractivity contribution in [2.24, 2.45) is 4.99 Å². The summed E-state index contributed by atoms with van der Waals surface area (Å²) in [4.78, 5) is 17.0. The number of carbonyl (C=O) groups excluding carboxylic acids is 1. The van der Waals surface area contributed by atoms with E-state index in [2.05, 4.69) is 30.4 Å². The van der Waals surface area contributed by atoms with Crippen molar-refractivity contribution in [2.75, 3.05) is 6.54 Å². The summed E-state index contributed by atoms with van der Waals surface area (Å²) in [5, 5.41) is 0. The minimum atomic E-state index is 0.115. The molecule has 3 nitrogen and oxygen atoms in total. The third-order valence-corrected chi connectivity index (χ3v) is 4.89.